The monoisotopic (exact) mass is 401 g/mol. The largest absolute Gasteiger partial charge is 0.442 e. The number of fused-ring (bicyclic) bond motifs is 1. The maximum atomic E-state index is 13.0. The van der Waals surface area contributed by atoms with Crippen molar-refractivity contribution < 1.29 is 9.53 Å². The van der Waals surface area contributed by atoms with Crippen LogP contribution in [0.15, 0.2) is 66.1 Å². The Morgan fingerprint density at radius 2 is 2.03 bits per heavy atom. The molecule has 29 heavy (non-hydrogen) atoms. The molecule has 1 heterocycles. The summed E-state index contributed by atoms with van der Waals surface area (Å²) >= 11 is 0. The second-order valence-corrected chi connectivity index (χ2v) is 9.61. The topological polar surface area (TPSA) is 26.3 Å². The third-order valence-electron chi connectivity index (χ3n) is 5.81. The van der Waals surface area contributed by atoms with Gasteiger partial charge in [0.25, 0.3) is 0 Å². The lowest BCUT2D eigenvalue weighted by atomic mass is 9.81. The van der Waals surface area contributed by atoms with Crippen LogP contribution in [0.4, 0.5) is 0 Å². The van der Waals surface area contributed by atoms with Crippen LogP contribution in [-0.4, -0.2) is 11.6 Å². The zero-order valence-electron chi connectivity index (χ0n) is 16.9. The van der Waals surface area contributed by atoms with Crippen molar-refractivity contribution in [1.82, 2.24) is 0 Å². The van der Waals surface area contributed by atoms with E-state index in [4.69, 9.17) is 11.2 Å². The van der Waals surface area contributed by atoms with Gasteiger partial charge in [0.1, 0.15) is 5.38 Å². The predicted molar refractivity (Wildman–Crippen MR) is 122 cm³/mol. The lowest BCUT2D eigenvalue weighted by Gasteiger charge is -2.33. The molecule has 1 aliphatic carbocycles. The van der Waals surface area contributed by atoms with Crippen LogP contribution in [0.2, 0.25) is 0 Å². The van der Waals surface area contributed by atoms with Crippen molar-refractivity contribution in [2.24, 2.45) is 5.92 Å². The summed E-state index contributed by atoms with van der Waals surface area (Å²) in [5, 5.41) is 3.57. The Hall–Kier alpha value is -2.83. The van der Waals surface area contributed by atoms with Crippen LogP contribution in [0.5, 0.6) is 0 Å². The van der Waals surface area contributed by atoms with E-state index in [1.54, 1.807) is 0 Å². The first-order valence-corrected chi connectivity index (χ1v) is 11.3. The van der Waals surface area contributed by atoms with Gasteiger partial charge in [-0.25, -0.2) is 4.79 Å². The van der Waals surface area contributed by atoms with Crippen molar-refractivity contribution in [2.45, 2.75) is 38.7 Å². The molecule has 0 saturated carbocycles. The quantitative estimate of drug-likeness (QED) is 0.208. The summed E-state index contributed by atoms with van der Waals surface area (Å²) < 4.78 is 7.20. The number of aryl methyl sites for hydroxylation is 1. The summed E-state index contributed by atoms with van der Waals surface area (Å²) in [6, 6.07) is 16.2. The van der Waals surface area contributed by atoms with E-state index in [9.17, 15) is 4.79 Å². The highest BCUT2D eigenvalue weighted by atomic mass is 32.2. The van der Waals surface area contributed by atoms with Gasteiger partial charge in [0.2, 0.25) is 0 Å². The molecule has 0 fully saturated rings. The second kappa shape index (κ2) is 7.89. The number of rotatable bonds is 4. The summed E-state index contributed by atoms with van der Waals surface area (Å²) in [6.45, 7) is 4.00. The number of allylic oxidation sites excluding steroid dienone is 2. The minimum Gasteiger partial charge on any atom is -0.442 e. The molecule has 0 amide bonds. The Balaban J connectivity index is 1.64. The average Bonchev–Trinajstić information content (AvgIpc) is 3.11. The van der Waals surface area contributed by atoms with Crippen molar-refractivity contribution in [3.05, 3.63) is 77.2 Å². The fraction of sp³-hybridized carbons (Fsp3) is 0.269. The Labute approximate surface area is 175 Å². The minimum absolute atomic E-state index is 0.152. The van der Waals surface area contributed by atoms with Crippen LogP contribution in [0.25, 0.3) is 15.0 Å². The standard InChI is InChI=1S/C26H25O2S/c1-4-26(3,21-12-6-5-7-13-21)28-25(27)20-11-10-14-22(17-20)29-18-19(2)23-15-8-9-16-24(23)29/h1,5-6,8-11,14-18,21H,7,12-13H2,2-3H3/q+1. The molecule has 1 aliphatic rings. The van der Waals surface area contributed by atoms with Crippen LogP contribution in [0, 0.1) is 25.2 Å². The van der Waals surface area contributed by atoms with E-state index in [0.717, 1.165) is 24.2 Å². The predicted octanol–water partition coefficient (Wildman–Crippen LogP) is 6.79. The molecule has 3 unspecified atom stereocenters. The lowest BCUT2D eigenvalue weighted by Crippen LogP contribution is -2.39. The third-order valence-corrected chi connectivity index (χ3v) is 7.99. The van der Waals surface area contributed by atoms with E-state index in [1.165, 1.54) is 15.6 Å². The van der Waals surface area contributed by atoms with Crippen molar-refractivity contribution in [2.75, 3.05) is 0 Å². The molecule has 0 aliphatic heterocycles. The Kier molecular flexibility index (Phi) is 5.30. The molecule has 0 N–H and O–H groups in total. The minimum atomic E-state index is -0.892. The number of hydrogen-bond donors (Lipinski definition) is 0. The maximum absolute atomic E-state index is 13.0. The van der Waals surface area contributed by atoms with Gasteiger partial charge in [-0.15, -0.1) is 6.42 Å². The molecule has 146 valence electrons. The molecular formula is C26H25O2S+. The smallest absolute Gasteiger partial charge is 0.339 e. The van der Waals surface area contributed by atoms with Crippen LogP contribution >= 0.6 is 10.5 Å². The molecule has 0 radical (unpaired) electrons. The summed E-state index contributed by atoms with van der Waals surface area (Å²) in [4.78, 5) is 14.1. The molecular weight excluding hydrogens is 376 g/mol. The van der Waals surface area contributed by atoms with E-state index >= 15 is 0 Å². The number of thiophene rings is 1. The van der Waals surface area contributed by atoms with Gasteiger partial charge in [0.05, 0.1) is 5.56 Å². The van der Waals surface area contributed by atoms with Gasteiger partial charge < -0.3 is 4.74 Å². The Morgan fingerprint density at radius 3 is 2.79 bits per heavy atom. The van der Waals surface area contributed by atoms with E-state index in [0.29, 0.717) is 5.56 Å². The first-order valence-electron chi connectivity index (χ1n) is 9.99. The highest BCUT2D eigenvalue weighted by Gasteiger charge is 2.36. The molecule has 1 aromatic heterocycles. The van der Waals surface area contributed by atoms with Crippen molar-refractivity contribution >= 4 is 26.5 Å². The fourth-order valence-electron chi connectivity index (χ4n) is 4.02. The van der Waals surface area contributed by atoms with Crippen molar-refractivity contribution in [3.8, 4) is 17.2 Å². The van der Waals surface area contributed by atoms with Gasteiger partial charge >= 0.3 is 5.97 Å². The van der Waals surface area contributed by atoms with Crippen LogP contribution < -0.4 is 0 Å². The zero-order chi connectivity index (χ0) is 20.4. The average molecular weight is 402 g/mol. The number of carbonyl (C=O) groups is 1. The molecule has 0 spiro atoms. The van der Waals surface area contributed by atoms with Gasteiger partial charge in [-0.2, -0.15) is 0 Å². The fourth-order valence-corrected chi connectivity index (χ4v) is 6.19. The summed E-state index contributed by atoms with van der Waals surface area (Å²) in [5.41, 5.74) is 0.941. The van der Waals surface area contributed by atoms with E-state index in [1.807, 2.05) is 25.1 Å². The van der Waals surface area contributed by atoms with Gasteiger partial charge in [-0.05, 0) is 57.4 Å². The number of carbonyl (C=O) groups excluding carboxylic acids is 1. The van der Waals surface area contributed by atoms with Crippen molar-refractivity contribution in [3.63, 3.8) is 0 Å². The molecule has 3 atom stereocenters. The molecule has 2 nitrogen and oxygen atoms in total. The first kappa shape index (κ1) is 19.5. The Morgan fingerprint density at radius 1 is 1.21 bits per heavy atom. The SMILES string of the molecule is C#CC(C)(OC(=O)c1cccc(-[s+]2cc(C)c3ccccc32)c1)C1CC=CCC1. The molecule has 0 saturated heterocycles. The number of hydrogen-bond acceptors (Lipinski definition) is 2. The summed E-state index contributed by atoms with van der Waals surface area (Å²) in [5.74, 6) is 2.56. The Bertz CT molecular complexity index is 1130. The molecule has 3 aromatic rings. The van der Waals surface area contributed by atoms with Gasteiger partial charge in [0.15, 0.2) is 15.2 Å². The van der Waals surface area contributed by atoms with E-state index in [2.05, 4.69) is 60.7 Å². The van der Waals surface area contributed by atoms with Crippen molar-refractivity contribution in [1.29, 1.82) is 0 Å². The van der Waals surface area contributed by atoms with E-state index in [-0.39, 0.29) is 22.4 Å². The number of esters is 1. The van der Waals surface area contributed by atoms with Crippen LogP contribution in [-0.2, 0) is 4.74 Å². The number of benzene rings is 2. The van der Waals surface area contributed by atoms with Gasteiger partial charge in [0, 0.05) is 33.4 Å². The van der Waals surface area contributed by atoms with Gasteiger partial charge in [-0.1, -0.05) is 36.3 Å². The highest BCUT2D eigenvalue weighted by molar-refractivity contribution is 7.43. The second-order valence-electron chi connectivity index (χ2n) is 7.78. The first-order chi connectivity index (χ1) is 14.0. The zero-order valence-corrected chi connectivity index (χ0v) is 17.7. The van der Waals surface area contributed by atoms with E-state index < -0.39 is 5.60 Å². The molecule has 4 rings (SSSR count). The summed E-state index contributed by atoms with van der Waals surface area (Å²) in [6.07, 6.45) is 12.9. The maximum Gasteiger partial charge on any atom is 0.339 e. The summed E-state index contributed by atoms with van der Waals surface area (Å²) in [7, 11) is -0.171. The molecule has 2 aromatic carbocycles. The third kappa shape index (κ3) is 3.73. The molecule has 3 heteroatoms. The number of ether oxygens (including phenoxy) is 1. The number of terminal acetylenes is 1. The van der Waals surface area contributed by atoms with Crippen LogP contribution in [0.1, 0.15) is 42.1 Å². The highest BCUT2D eigenvalue weighted by Crippen LogP contribution is 2.42. The normalized spacial score (nSPS) is 18.8. The van der Waals surface area contributed by atoms with Crippen LogP contribution in [0.3, 0.4) is 0 Å². The molecule has 0 bridgehead atoms. The van der Waals surface area contributed by atoms with Gasteiger partial charge in [-0.3, -0.25) is 0 Å². The lowest BCUT2D eigenvalue weighted by molar-refractivity contribution is -0.0109.